The van der Waals surface area contributed by atoms with Crippen molar-refractivity contribution in [3.8, 4) is 5.75 Å². The molecule has 2 N–H and O–H groups in total. The minimum absolute atomic E-state index is 0.374. The molecule has 1 aromatic rings. The highest BCUT2D eigenvalue weighted by Crippen LogP contribution is 2.19. The first kappa shape index (κ1) is 16.7. The van der Waals surface area contributed by atoms with Crippen molar-refractivity contribution in [3.63, 3.8) is 0 Å². The fourth-order valence-electron chi connectivity index (χ4n) is 1.71. The first-order valence-corrected chi connectivity index (χ1v) is 7.44. The number of benzene rings is 1. The Labute approximate surface area is 131 Å². The van der Waals surface area contributed by atoms with E-state index in [9.17, 15) is 9.59 Å². The normalized spacial score (nSPS) is 11.8. The van der Waals surface area contributed by atoms with Gasteiger partial charge in [0.1, 0.15) is 11.8 Å². The molecule has 0 saturated heterocycles. The molecule has 0 saturated carbocycles. The van der Waals surface area contributed by atoms with Crippen LogP contribution in [0.2, 0.25) is 0 Å². The molecular formula is C14H18INO4. The van der Waals surface area contributed by atoms with Gasteiger partial charge >= 0.3 is 5.97 Å². The number of carbonyl (C=O) groups excluding carboxylic acids is 1. The van der Waals surface area contributed by atoms with E-state index >= 15 is 0 Å². The number of rotatable bonds is 7. The van der Waals surface area contributed by atoms with Crippen LogP contribution >= 0.6 is 22.6 Å². The second kappa shape index (κ2) is 8.08. The van der Waals surface area contributed by atoms with Gasteiger partial charge in [0.15, 0.2) is 0 Å². The Morgan fingerprint density at radius 1 is 1.45 bits per heavy atom. The molecule has 5 nitrogen and oxygen atoms in total. The lowest BCUT2D eigenvalue weighted by Gasteiger charge is -2.15. The van der Waals surface area contributed by atoms with Gasteiger partial charge in [0, 0.05) is 3.57 Å². The molecule has 0 bridgehead atoms. The zero-order chi connectivity index (χ0) is 15.1. The molecule has 1 atom stereocenters. The highest BCUT2D eigenvalue weighted by Gasteiger charge is 2.21. The maximum atomic E-state index is 12.1. The standard InChI is InChI=1S/C14H18INO4/c1-3-4-5-12(14(18)19)16-13(17)10-7-6-9(20-2)8-11(10)15/h6-8,12H,3-5H2,1-2H3,(H,16,17)(H,18,19)/t12-/m0/s1. The topological polar surface area (TPSA) is 75.6 Å². The van der Waals surface area contributed by atoms with E-state index in [0.29, 0.717) is 17.7 Å². The van der Waals surface area contributed by atoms with Crippen LogP contribution in [-0.2, 0) is 4.79 Å². The van der Waals surface area contributed by atoms with E-state index in [1.807, 2.05) is 29.5 Å². The largest absolute Gasteiger partial charge is 0.497 e. The molecule has 0 aromatic heterocycles. The smallest absolute Gasteiger partial charge is 0.326 e. The van der Waals surface area contributed by atoms with Gasteiger partial charge in [-0.25, -0.2) is 4.79 Å². The molecule has 0 aliphatic heterocycles. The summed E-state index contributed by atoms with van der Waals surface area (Å²) in [6.45, 7) is 1.98. The van der Waals surface area contributed by atoms with Gasteiger partial charge in [-0.3, -0.25) is 4.79 Å². The summed E-state index contributed by atoms with van der Waals surface area (Å²) in [4.78, 5) is 23.2. The number of aliphatic carboxylic acids is 1. The fraction of sp³-hybridized carbons (Fsp3) is 0.429. The molecule has 0 unspecified atom stereocenters. The maximum absolute atomic E-state index is 12.1. The summed E-state index contributed by atoms with van der Waals surface area (Å²) in [6, 6.07) is 4.20. The van der Waals surface area contributed by atoms with Crippen molar-refractivity contribution in [2.75, 3.05) is 7.11 Å². The van der Waals surface area contributed by atoms with E-state index in [1.165, 1.54) is 0 Å². The Bertz CT molecular complexity index is 490. The zero-order valence-electron chi connectivity index (χ0n) is 11.5. The number of ether oxygens (including phenoxy) is 1. The minimum atomic E-state index is -1.00. The summed E-state index contributed by atoms with van der Waals surface area (Å²) in [5, 5.41) is 11.7. The number of hydrogen-bond acceptors (Lipinski definition) is 3. The summed E-state index contributed by atoms with van der Waals surface area (Å²) in [6.07, 6.45) is 2.08. The molecule has 0 fully saturated rings. The van der Waals surface area contributed by atoms with Crippen molar-refractivity contribution in [2.45, 2.75) is 32.2 Å². The van der Waals surface area contributed by atoms with Crippen LogP contribution in [0, 0.1) is 3.57 Å². The summed E-state index contributed by atoms with van der Waals surface area (Å²) in [7, 11) is 1.55. The van der Waals surface area contributed by atoms with Gasteiger partial charge in [-0.15, -0.1) is 0 Å². The quantitative estimate of drug-likeness (QED) is 0.701. The van der Waals surface area contributed by atoms with Crippen LogP contribution in [0.5, 0.6) is 5.75 Å². The van der Waals surface area contributed by atoms with Crippen LogP contribution in [0.1, 0.15) is 36.5 Å². The third-order valence-electron chi connectivity index (χ3n) is 2.87. The van der Waals surface area contributed by atoms with Crippen molar-refractivity contribution in [1.29, 1.82) is 0 Å². The molecule has 1 aromatic carbocycles. The van der Waals surface area contributed by atoms with Crippen molar-refractivity contribution in [1.82, 2.24) is 5.32 Å². The summed E-state index contributed by atoms with van der Waals surface area (Å²) >= 11 is 2.03. The lowest BCUT2D eigenvalue weighted by Crippen LogP contribution is -2.41. The molecule has 0 aliphatic carbocycles. The van der Waals surface area contributed by atoms with Crippen LogP contribution in [0.4, 0.5) is 0 Å². The average molecular weight is 391 g/mol. The third-order valence-corrected chi connectivity index (χ3v) is 3.76. The highest BCUT2D eigenvalue weighted by atomic mass is 127. The number of amides is 1. The van der Waals surface area contributed by atoms with Gasteiger partial charge in [0.05, 0.1) is 12.7 Å². The van der Waals surface area contributed by atoms with E-state index < -0.39 is 12.0 Å². The Morgan fingerprint density at radius 2 is 2.15 bits per heavy atom. The van der Waals surface area contributed by atoms with E-state index in [2.05, 4.69) is 5.32 Å². The minimum Gasteiger partial charge on any atom is -0.497 e. The van der Waals surface area contributed by atoms with Crippen molar-refractivity contribution in [3.05, 3.63) is 27.3 Å². The van der Waals surface area contributed by atoms with Gasteiger partial charge in [-0.05, 0) is 47.2 Å². The molecule has 6 heteroatoms. The molecule has 0 aliphatic rings. The molecular weight excluding hydrogens is 373 g/mol. The molecule has 1 amide bonds. The SMILES string of the molecule is CCCC[C@H](NC(=O)c1ccc(OC)cc1I)C(=O)O. The van der Waals surface area contributed by atoms with Gasteiger partial charge in [-0.1, -0.05) is 19.8 Å². The van der Waals surface area contributed by atoms with E-state index in [1.54, 1.807) is 25.3 Å². The number of methoxy groups -OCH3 is 1. The lowest BCUT2D eigenvalue weighted by molar-refractivity contribution is -0.139. The van der Waals surface area contributed by atoms with Crippen LogP contribution < -0.4 is 10.1 Å². The van der Waals surface area contributed by atoms with Gasteiger partial charge in [0.25, 0.3) is 5.91 Å². The van der Waals surface area contributed by atoms with Gasteiger partial charge in [0.2, 0.25) is 0 Å². The molecule has 110 valence electrons. The number of nitrogens with one attached hydrogen (secondary N) is 1. The summed E-state index contributed by atoms with van der Waals surface area (Å²) in [5.41, 5.74) is 0.453. The highest BCUT2D eigenvalue weighted by molar-refractivity contribution is 14.1. The van der Waals surface area contributed by atoms with Crippen molar-refractivity contribution >= 4 is 34.5 Å². The number of hydrogen-bond donors (Lipinski definition) is 2. The zero-order valence-corrected chi connectivity index (χ0v) is 13.6. The monoisotopic (exact) mass is 391 g/mol. The lowest BCUT2D eigenvalue weighted by atomic mass is 10.1. The van der Waals surface area contributed by atoms with Crippen LogP contribution in [0.15, 0.2) is 18.2 Å². The Morgan fingerprint density at radius 3 is 2.65 bits per heavy atom. The van der Waals surface area contributed by atoms with E-state index in [-0.39, 0.29) is 5.91 Å². The van der Waals surface area contributed by atoms with Crippen LogP contribution in [0.3, 0.4) is 0 Å². The number of unbranched alkanes of at least 4 members (excludes halogenated alkanes) is 1. The van der Waals surface area contributed by atoms with Crippen molar-refractivity contribution < 1.29 is 19.4 Å². The second-order valence-electron chi connectivity index (χ2n) is 4.35. The molecule has 20 heavy (non-hydrogen) atoms. The van der Waals surface area contributed by atoms with Crippen molar-refractivity contribution in [2.24, 2.45) is 0 Å². The van der Waals surface area contributed by atoms with E-state index in [0.717, 1.165) is 16.4 Å². The second-order valence-corrected chi connectivity index (χ2v) is 5.51. The van der Waals surface area contributed by atoms with E-state index in [4.69, 9.17) is 9.84 Å². The third kappa shape index (κ3) is 4.66. The first-order valence-electron chi connectivity index (χ1n) is 6.36. The van der Waals surface area contributed by atoms with Gasteiger partial charge in [-0.2, -0.15) is 0 Å². The molecule has 1 rings (SSSR count). The Balaban J connectivity index is 2.80. The fourth-order valence-corrected chi connectivity index (χ4v) is 2.44. The average Bonchev–Trinajstić information content (AvgIpc) is 2.42. The number of halogens is 1. The first-order chi connectivity index (χ1) is 9.49. The predicted molar refractivity (Wildman–Crippen MR) is 84.1 cm³/mol. The maximum Gasteiger partial charge on any atom is 0.326 e. The predicted octanol–water partition coefficient (Wildman–Crippen LogP) is 2.67. The van der Waals surface area contributed by atoms with Gasteiger partial charge < -0.3 is 15.2 Å². The summed E-state index contributed by atoms with van der Waals surface area (Å²) < 4.78 is 5.79. The number of carboxylic acids is 1. The van der Waals surface area contributed by atoms with Crippen LogP contribution in [0.25, 0.3) is 0 Å². The molecule has 0 radical (unpaired) electrons. The Hall–Kier alpha value is -1.31. The molecule has 0 heterocycles. The Kier molecular flexibility index (Phi) is 6.77. The van der Waals surface area contributed by atoms with Crippen LogP contribution in [-0.4, -0.2) is 30.1 Å². The number of carbonyl (C=O) groups is 2. The molecule has 0 spiro atoms. The summed E-state index contributed by atoms with van der Waals surface area (Å²) in [5.74, 6) is -0.720. The number of carboxylic acid groups (broad SMARTS) is 1.